The minimum Gasteiger partial charge on any atom is -0.497 e. The second kappa shape index (κ2) is 10.1. The molecule has 1 aliphatic rings. The van der Waals surface area contributed by atoms with E-state index in [1.165, 1.54) is 42.7 Å². The number of thiophene rings is 1. The maximum Gasteiger partial charge on any atom is 0.414 e. The van der Waals surface area contributed by atoms with Gasteiger partial charge >= 0.3 is 6.09 Å². The molecule has 1 aromatic carbocycles. The summed E-state index contributed by atoms with van der Waals surface area (Å²) in [6.45, 7) is 1.72. The largest absolute Gasteiger partial charge is 0.497 e. The van der Waals surface area contributed by atoms with Crippen LogP contribution in [0.25, 0.3) is 0 Å². The standard InChI is InChI=1S/C21H24N2O7S2/c1-3-30-21(26)23-19(25)18-15-6-4-5-7-16(15)31-20(18)22-17(24)12-32(27,28)14-10-8-13(29-2)9-11-14/h8-11H,3-7,12H2,1-2H3,(H,22,24)(H,23,25,26). The lowest BCUT2D eigenvalue weighted by Gasteiger charge is -2.13. The van der Waals surface area contributed by atoms with Gasteiger partial charge in [-0.3, -0.25) is 14.9 Å². The number of carbonyl (C=O) groups excluding carboxylic acids is 3. The molecule has 3 rings (SSSR count). The molecule has 172 valence electrons. The molecule has 0 aliphatic heterocycles. The first-order valence-corrected chi connectivity index (χ1v) is 12.5. The van der Waals surface area contributed by atoms with Gasteiger partial charge in [-0.05, 0) is 62.4 Å². The highest BCUT2D eigenvalue weighted by Crippen LogP contribution is 2.38. The van der Waals surface area contributed by atoms with Crippen LogP contribution in [0.3, 0.4) is 0 Å². The summed E-state index contributed by atoms with van der Waals surface area (Å²) in [4.78, 5) is 38.0. The molecule has 2 N–H and O–H groups in total. The van der Waals surface area contributed by atoms with Gasteiger partial charge in [-0.1, -0.05) is 0 Å². The Bertz CT molecular complexity index is 1120. The Hall–Kier alpha value is -2.92. The number of benzene rings is 1. The second-order valence-corrected chi connectivity index (χ2v) is 10.2. The fourth-order valence-corrected chi connectivity index (χ4v) is 5.86. The zero-order valence-corrected chi connectivity index (χ0v) is 19.4. The summed E-state index contributed by atoms with van der Waals surface area (Å²) >= 11 is 1.23. The molecule has 1 aliphatic carbocycles. The fourth-order valence-electron chi connectivity index (χ4n) is 3.42. The number of anilines is 1. The maximum atomic E-state index is 12.7. The highest BCUT2D eigenvalue weighted by molar-refractivity contribution is 7.92. The number of imide groups is 1. The summed E-state index contributed by atoms with van der Waals surface area (Å²) < 4.78 is 35.0. The van der Waals surface area contributed by atoms with Crippen LogP contribution in [0.4, 0.5) is 9.80 Å². The monoisotopic (exact) mass is 480 g/mol. The van der Waals surface area contributed by atoms with Crippen molar-refractivity contribution in [3.63, 3.8) is 0 Å². The third kappa shape index (κ3) is 5.46. The van der Waals surface area contributed by atoms with Gasteiger partial charge in [0.25, 0.3) is 5.91 Å². The predicted molar refractivity (Wildman–Crippen MR) is 119 cm³/mol. The third-order valence-corrected chi connectivity index (χ3v) is 7.72. The molecule has 0 saturated heterocycles. The highest BCUT2D eigenvalue weighted by atomic mass is 32.2. The Kier molecular flexibility index (Phi) is 7.52. The smallest absolute Gasteiger partial charge is 0.414 e. The zero-order valence-electron chi connectivity index (χ0n) is 17.7. The molecule has 1 aromatic heterocycles. The summed E-state index contributed by atoms with van der Waals surface area (Å²) in [5.74, 6) is -1.75. The minimum absolute atomic E-state index is 0.0146. The van der Waals surface area contributed by atoms with E-state index in [4.69, 9.17) is 9.47 Å². The number of sulfone groups is 1. The van der Waals surface area contributed by atoms with E-state index < -0.39 is 33.5 Å². The van der Waals surface area contributed by atoms with E-state index in [1.807, 2.05) is 0 Å². The Morgan fingerprint density at radius 2 is 1.78 bits per heavy atom. The Morgan fingerprint density at radius 3 is 2.44 bits per heavy atom. The van der Waals surface area contributed by atoms with Crippen molar-refractivity contribution in [1.82, 2.24) is 5.32 Å². The second-order valence-electron chi connectivity index (χ2n) is 7.07. The van der Waals surface area contributed by atoms with Crippen molar-refractivity contribution in [2.24, 2.45) is 0 Å². The molecule has 32 heavy (non-hydrogen) atoms. The summed E-state index contributed by atoms with van der Waals surface area (Å²) in [5.41, 5.74) is 0.962. The van der Waals surface area contributed by atoms with Crippen molar-refractivity contribution in [1.29, 1.82) is 0 Å². The molecule has 0 fully saturated rings. The summed E-state index contributed by atoms with van der Waals surface area (Å²) in [6.07, 6.45) is 2.33. The number of hydrogen-bond donors (Lipinski definition) is 2. The van der Waals surface area contributed by atoms with Gasteiger partial charge in [-0.25, -0.2) is 13.2 Å². The number of fused-ring (bicyclic) bond motifs is 1. The number of aryl methyl sites for hydroxylation is 1. The van der Waals surface area contributed by atoms with Gasteiger partial charge in [-0.2, -0.15) is 0 Å². The number of nitrogens with one attached hydrogen (secondary N) is 2. The average Bonchev–Trinajstić information content (AvgIpc) is 3.11. The molecule has 2 aromatic rings. The van der Waals surface area contributed by atoms with Crippen LogP contribution in [0.15, 0.2) is 29.2 Å². The predicted octanol–water partition coefficient (Wildman–Crippen LogP) is 2.93. The van der Waals surface area contributed by atoms with Crippen LogP contribution >= 0.6 is 11.3 Å². The molecule has 3 amide bonds. The summed E-state index contributed by atoms with van der Waals surface area (Å²) in [5, 5.41) is 4.95. The zero-order chi connectivity index (χ0) is 23.3. The van der Waals surface area contributed by atoms with Crippen molar-refractivity contribution in [3.05, 3.63) is 40.3 Å². The molecule has 0 bridgehead atoms. The quantitative estimate of drug-likeness (QED) is 0.623. The van der Waals surface area contributed by atoms with E-state index in [2.05, 4.69) is 10.6 Å². The lowest BCUT2D eigenvalue weighted by Crippen LogP contribution is -2.32. The first-order valence-electron chi connectivity index (χ1n) is 10.0. The topological polar surface area (TPSA) is 128 Å². The lowest BCUT2D eigenvalue weighted by atomic mass is 9.95. The van der Waals surface area contributed by atoms with Crippen molar-refractivity contribution >= 4 is 44.1 Å². The van der Waals surface area contributed by atoms with Crippen LogP contribution in [-0.2, 0) is 32.2 Å². The Morgan fingerprint density at radius 1 is 1.09 bits per heavy atom. The molecular weight excluding hydrogens is 456 g/mol. The van der Waals surface area contributed by atoms with E-state index in [0.29, 0.717) is 12.2 Å². The molecular formula is C21H24N2O7S2. The van der Waals surface area contributed by atoms with Crippen LogP contribution in [-0.4, -0.2) is 45.8 Å². The Labute approximate surface area is 190 Å². The van der Waals surface area contributed by atoms with Gasteiger partial charge in [0.2, 0.25) is 5.91 Å². The third-order valence-electron chi connectivity index (χ3n) is 4.88. The van der Waals surface area contributed by atoms with Crippen LogP contribution in [0.2, 0.25) is 0 Å². The van der Waals surface area contributed by atoms with Crippen LogP contribution in [0.1, 0.15) is 40.6 Å². The maximum absolute atomic E-state index is 12.7. The molecule has 0 radical (unpaired) electrons. The van der Waals surface area contributed by atoms with E-state index >= 15 is 0 Å². The van der Waals surface area contributed by atoms with Gasteiger partial charge in [0.15, 0.2) is 9.84 Å². The van der Waals surface area contributed by atoms with E-state index in [-0.39, 0.29) is 22.1 Å². The number of hydrogen-bond acceptors (Lipinski definition) is 8. The molecule has 0 saturated carbocycles. The minimum atomic E-state index is -3.90. The van der Waals surface area contributed by atoms with Crippen LogP contribution < -0.4 is 15.4 Å². The van der Waals surface area contributed by atoms with Crippen molar-refractivity contribution < 1.29 is 32.3 Å². The summed E-state index contributed by atoms with van der Waals surface area (Å²) in [6, 6.07) is 5.72. The Balaban J connectivity index is 1.81. The van der Waals surface area contributed by atoms with E-state index in [9.17, 15) is 22.8 Å². The number of ether oxygens (including phenoxy) is 2. The number of methoxy groups -OCH3 is 1. The molecule has 0 spiro atoms. The fraction of sp³-hybridized carbons (Fsp3) is 0.381. The number of amides is 3. The number of carbonyl (C=O) groups is 3. The van der Waals surface area contributed by atoms with E-state index in [0.717, 1.165) is 29.7 Å². The SMILES string of the molecule is CCOC(=O)NC(=O)c1c(NC(=O)CS(=O)(=O)c2ccc(OC)cc2)sc2c1CCCC2. The molecule has 9 nitrogen and oxygen atoms in total. The van der Waals surface area contributed by atoms with Gasteiger partial charge < -0.3 is 14.8 Å². The molecule has 1 heterocycles. The van der Waals surface area contributed by atoms with Gasteiger partial charge in [0.1, 0.15) is 16.5 Å². The van der Waals surface area contributed by atoms with Gasteiger partial charge in [0, 0.05) is 4.88 Å². The average molecular weight is 481 g/mol. The van der Waals surface area contributed by atoms with E-state index in [1.54, 1.807) is 6.92 Å². The highest BCUT2D eigenvalue weighted by Gasteiger charge is 2.28. The molecule has 0 atom stereocenters. The number of alkyl carbamates (subject to hydrolysis) is 1. The number of rotatable bonds is 7. The van der Waals surface area contributed by atoms with Crippen molar-refractivity contribution in [2.45, 2.75) is 37.5 Å². The van der Waals surface area contributed by atoms with Crippen molar-refractivity contribution in [3.8, 4) is 5.75 Å². The lowest BCUT2D eigenvalue weighted by molar-refractivity contribution is -0.113. The molecule has 0 unspecified atom stereocenters. The van der Waals surface area contributed by atoms with Crippen LogP contribution in [0.5, 0.6) is 5.75 Å². The normalized spacial score (nSPS) is 13.1. The van der Waals surface area contributed by atoms with Crippen molar-refractivity contribution in [2.75, 3.05) is 24.8 Å². The van der Waals surface area contributed by atoms with Crippen LogP contribution in [0, 0.1) is 0 Å². The first kappa shape index (κ1) is 23.7. The summed E-state index contributed by atoms with van der Waals surface area (Å²) in [7, 11) is -2.44. The molecule has 11 heteroatoms. The first-order chi connectivity index (χ1) is 15.2. The van der Waals surface area contributed by atoms with Gasteiger partial charge in [-0.15, -0.1) is 11.3 Å². The van der Waals surface area contributed by atoms with Gasteiger partial charge in [0.05, 0.1) is 24.2 Å².